The molecule has 0 spiro atoms. The average Bonchev–Trinajstić information content (AvgIpc) is 2.76. The number of ether oxygens (including phenoxy) is 1. The lowest BCUT2D eigenvalue weighted by Gasteiger charge is -2.14. The number of halogens is 2. The van der Waals surface area contributed by atoms with Crippen LogP contribution in [0, 0.1) is 5.82 Å². The lowest BCUT2D eigenvalue weighted by Crippen LogP contribution is -2.05. The summed E-state index contributed by atoms with van der Waals surface area (Å²) in [6.45, 7) is 2.04. The Morgan fingerprint density at radius 2 is 2.11 bits per heavy atom. The van der Waals surface area contributed by atoms with E-state index in [1.807, 2.05) is 19.1 Å². The molecule has 0 fully saturated rings. The van der Waals surface area contributed by atoms with Gasteiger partial charge in [0.2, 0.25) is 0 Å². The van der Waals surface area contributed by atoms with Gasteiger partial charge >= 0.3 is 0 Å². The van der Waals surface area contributed by atoms with E-state index in [2.05, 4.69) is 21.2 Å². The second-order valence-corrected chi connectivity index (χ2v) is 6.35. The third kappa shape index (κ3) is 3.03. The molecule has 18 heavy (non-hydrogen) atoms. The van der Waals surface area contributed by atoms with Gasteiger partial charge in [0.1, 0.15) is 0 Å². The molecule has 0 aliphatic carbocycles. The molecule has 1 aromatic carbocycles. The van der Waals surface area contributed by atoms with Crippen molar-refractivity contribution in [3.05, 3.63) is 44.8 Å². The molecule has 1 atom stereocenters. The van der Waals surface area contributed by atoms with Crippen molar-refractivity contribution in [2.24, 2.45) is 0 Å². The Hall–Kier alpha value is -1.07. The minimum absolute atomic E-state index is 0.133. The fourth-order valence-corrected chi connectivity index (χ4v) is 3.06. The topological polar surface area (TPSA) is 21.3 Å². The molecule has 0 saturated heterocycles. The van der Waals surface area contributed by atoms with Gasteiger partial charge in [0.25, 0.3) is 0 Å². The Balaban J connectivity index is 2.12. The Kier molecular flexibility index (Phi) is 4.24. The number of benzene rings is 1. The molecule has 1 N–H and O–H groups in total. The lowest BCUT2D eigenvalue weighted by molar-refractivity contribution is 0.386. The van der Waals surface area contributed by atoms with Crippen molar-refractivity contribution in [1.29, 1.82) is 0 Å². The Labute approximate surface area is 118 Å². The zero-order valence-corrected chi connectivity index (χ0v) is 12.4. The first-order chi connectivity index (χ1) is 8.60. The van der Waals surface area contributed by atoms with Gasteiger partial charge in [-0.05, 0) is 47.1 Å². The molecule has 5 heteroatoms. The van der Waals surface area contributed by atoms with Gasteiger partial charge in [0.05, 0.1) is 16.9 Å². The van der Waals surface area contributed by atoms with Crippen molar-refractivity contribution in [3.63, 3.8) is 0 Å². The standard InChI is InChI=1S/C13H13BrFNOS/c1-8(12-5-6-13(14)18-12)16-9-3-4-11(17-2)10(15)7-9/h3-8,16H,1-2H3. The lowest BCUT2D eigenvalue weighted by atomic mass is 10.2. The van der Waals surface area contributed by atoms with Gasteiger partial charge in [0.15, 0.2) is 11.6 Å². The van der Waals surface area contributed by atoms with Crippen molar-refractivity contribution >= 4 is 33.0 Å². The highest BCUT2D eigenvalue weighted by Crippen LogP contribution is 2.30. The van der Waals surface area contributed by atoms with Gasteiger partial charge in [-0.15, -0.1) is 11.3 Å². The molecular weight excluding hydrogens is 317 g/mol. The van der Waals surface area contributed by atoms with Crippen LogP contribution in [-0.2, 0) is 0 Å². The van der Waals surface area contributed by atoms with Crippen molar-refractivity contribution in [2.75, 3.05) is 12.4 Å². The summed E-state index contributed by atoms with van der Waals surface area (Å²) in [5.41, 5.74) is 0.741. The van der Waals surface area contributed by atoms with Crippen LogP contribution in [0.15, 0.2) is 34.1 Å². The minimum Gasteiger partial charge on any atom is -0.494 e. The molecule has 0 saturated carbocycles. The van der Waals surface area contributed by atoms with E-state index in [1.165, 1.54) is 18.1 Å². The van der Waals surface area contributed by atoms with Crippen LogP contribution < -0.4 is 10.1 Å². The molecule has 2 rings (SSSR count). The number of rotatable bonds is 4. The van der Waals surface area contributed by atoms with E-state index in [1.54, 1.807) is 23.5 Å². The smallest absolute Gasteiger partial charge is 0.167 e. The number of nitrogens with one attached hydrogen (secondary N) is 1. The average molecular weight is 330 g/mol. The van der Waals surface area contributed by atoms with Gasteiger partial charge in [0, 0.05) is 16.6 Å². The monoisotopic (exact) mass is 329 g/mol. The predicted molar refractivity (Wildman–Crippen MR) is 77.0 cm³/mol. The summed E-state index contributed by atoms with van der Waals surface area (Å²) >= 11 is 5.09. The molecule has 96 valence electrons. The summed E-state index contributed by atoms with van der Waals surface area (Å²) in [6, 6.07) is 9.06. The van der Waals surface area contributed by atoms with Crippen LogP contribution in [0.1, 0.15) is 17.8 Å². The van der Waals surface area contributed by atoms with E-state index in [-0.39, 0.29) is 17.6 Å². The zero-order chi connectivity index (χ0) is 13.1. The molecule has 0 aliphatic heterocycles. The summed E-state index contributed by atoms with van der Waals surface area (Å²) in [5.74, 6) is -0.103. The van der Waals surface area contributed by atoms with Crippen LogP contribution in [0.2, 0.25) is 0 Å². The maximum absolute atomic E-state index is 13.5. The van der Waals surface area contributed by atoms with Crippen LogP contribution in [-0.4, -0.2) is 7.11 Å². The van der Waals surface area contributed by atoms with E-state index in [0.717, 1.165) is 9.47 Å². The quantitative estimate of drug-likeness (QED) is 0.867. The highest BCUT2D eigenvalue weighted by molar-refractivity contribution is 9.11. The molecule has 0 bridgehead atoms. The van der Waals surface area contributed by atoms with Gasteiger partial charge in [-0.1, -0.05) is 0 Å². The van der Waals surface area contributed by atoms with Gasteiger partial charge in [-0.2, -0.15) is 0 Å². The maximum Gasteiger partial charge on any atom is 0.167 e. The number of anilines is 1. The van der Waals surface area contributed by atoms with Crippen LogP contribution in [0.3, 0.4) is 0 Å². The molecular formula is C13H13BrFNOS. The van der Waals surface area contributed by atoms with Gasteiger partial charge in [-0.3, -0.25) is 0 Å². The Bertz CT molecular complexity index is 544. The zero-order valence-electron chi connectivity index (χ0n) is 10.0. The third-order valence-electron chi connectivity index (χ3n) is 2.56. The minimum atomic E-state index is -0.359. The summed E-state index contributed by atoms with van der Waals surface area (Å²) in [6.07, 6.45) is 0. The van der Waals surface area contributed by atoms with Crippen LogP contribution >= 0.6 is 27.3 Å². The molecule has 0 amide bonds. The molecule has 0 aliphatic rings. The predicted octanol–water partition coefficient (Wildman–Crippen LogP) is 4.83. The summed E-state index contributed by atoms with van der Waals surface area (Å²) in [5, 5.41) is 3.26. The van der Waals surface area contributed by atoms with Crippen molar-refractivity contribution in [1.82, 2.24) is 0 Å². The Morgan fingerprint density at radius 1 is 1.33 bits per heavy atom. The SMILES string of the molecule is COc1ccc(NC(C)c2ccc(Br)s2)cc1F. The summed E-state index contributed by atoms with van der Waals surface area (Å²) < 4.78 is 19.5. The summed E-state index contributed by atoms with van der Waals surface area (Å²) in [4.78, 5) is 1.19. The largest absolute Gasteiger partial charge is 0.494 e. The third-order valence-corrected chi connectivity index (χ3v) is 4.36. The molecule has 0 radical (unpaired) electrons. The number of hydrogen-bond donors (Lipinski definition) is 1. The summed E-state index contributed by atoms with van der Waals surface area (Å²) in [7, 11) is 1.46. The van der Waals surface area contributed by atoms with Gasteiger partial charge in [-0.25, -0.2) is 4.39 Å². The second-order valence-electron chi connectivity index (χ2n) is 3.86. The first kappa shape index (κ1) is 13.4. The van der Waals surface area contributed by atoms with E-state index < -0.39 is 0 Å². The first-order valence-corrected chi connectivity index (χ1v) is 7.06. The van der Waals surface area contributed by atoms with E-state index in [4.69, 9.17) is 4.74 Å². The molecule has 1 unspecified atom stereocenters. The van der Waals surface area contributed by atoms with Crippen LogP contribution in [0.25, 0.3) is 0 Å². The van der Waals surface area contributed by atoms with Crippen molar-refractivity contribution < 1.29 is 9.13 Å². The van der Waals surface area contributed by atoms with E-state index >= 15 is 0 Å². The van der Waals surface area contributed by atoms with Crippen molar-refractivity contribution in [2.45, 2.75) is 13.0 Å². The van der Waals surface area contributed by atoms with E-state index in [0.29, 0.717) is 0 Å². The van der Waals surface area contributed by atoms with Crippen molar-refractivity contribution in [3.8, 4) is 5.75 Å². The number of hydrogen-bond acceptors (Lipinski definition) is 3. The maximum atomic E-state index is 13.5. The fraction of sp³-hybridized carbons (Fsp3) is 0.231. The Morgan fingerprint density at radius 3 is 2.67 bits per heavy atom. The molecule has 2 aromatic rings. The number of thiophene rings is 1. The molecule has 1 aromatic heterocycles. The number of methoxy groups -OCH3 is 1. The molecule has 2 nitrogen and oxygen atoms in total. The molecule has 1 heterocycles. The van der Waals surface area contributed by atoms with Crippen LogP contribution in [0.4, 0.5) is 10.1 Å². The van der Waals surface area contributed by atoms with Gasteiger partial charge < -0.3 is 10.1 Å². The highest BCUT2D eigenvalue weighted by atomic mass is 79.9. The fourth-order valence-electron chi connectivity index (χ4n) is 1.64. The first-order valence-electron chi connectivity index (χ1n) is 5.45. The van der Waals surface area contributed by atoms with Crippen LogP contribution in [0.5, 0.6) is 5.75 Å². The highest BCUT2D eigenvalue weighted by Gasteiger charge is 2.09. The van der Waals surface area contributed by atoms with E-state index in [9.17, 15) is 4.39 Å². The second kappa shape index (κ2) is 5.71. The normalized spacial score (nSPS) is 12.2.